The van der Waals surface area contributed by atoms with E-state index in [1.807, 2.05) is 0 Å². The van der Waals surface area contributed by atoms with Crippen LogP contribution in [-0.4, -0.2) is 51.8 Å². The number of urea groups is 1. The molecule has 0 unspecified atom stereocenters. The second-order valence-electron chi connectivity index (χ2n) is 5.82. The first kappa shape index (κ1) is 17.2. The zero-order valence-corrected chi connectivity index (χ0v) is 13.3. The predicted octanol–water partition coefficient (Wildman–Crippen LogP) is 0.924. The summed E-state index contributed by atoms with van der Waals surface area (Å²) in [4.78, 5) is 11.8. The lowest BCUT2D eigenvalue weighted by Crippen LogP contribution is -2.51. The number of sulfone groups is 1. The molecule has 0 aromatic heterocycles. The van der Waals surface area contributed by atoms with Crippen LogP contribution in [0.5, 0.6) is 0 Å². The average molecular weight is 306 g/mol. The largest absolute Gasteiger partial charge is 0.376 e. The quantitative estimate of drug-likeness (QED) is 0.764. The molecule has 0 bridgehead atoms. The lowest BCUT2D eigenvalue weighted by molar-refractivity contribution is -0.0169. The minimum Gasteiger partial charge on any atom is -0.376 e. The summed E-state index contributed by atoms with van der Waals surface area (Å²) < 4.78 is 27.7. The molecule has 118 valence electrons. The van der Waals surface area contributed by atoms with Gasteiger partial charge in [-0.1, -0.05) is 13.8 Å². The predicted molar refractivity (Wildman–Crippen MR) is 78.5 cm³/mol. The van der Waals surface area contributed by atoms with Crippen LogP contribution in [-0.2, 0) is 14.6 Å². The number of ether oxygens (including phenoxy) is 1. The standard InChI is InChI=1S/C13H26N2O4S/c1-10(2)9-12-11(5-4-7-19-12)15-13(16)14-6-8-20(3,17)18/h10-12H,4-9H2,1-3H3,(H2,14,15,16)/t11-,12+/m0/s1. The summed E-state index contributed by atoms with van der Waals surface area (Å²) >= 11 is 0. The van der Waals surface area contributed by atoms with Gasteiger partial charge in [-0.25, -0.2) is 13.2 Å². The zero-order chi connectivity index (χ0) is 15.2. The number of hydrogen-bond acceptors (Lipinski definition) is 4. The summed E-state index contributed by atoms with van der Waals surface area (Å²) in [5, 5.41) is 5.47. The monoisotopic (exact) mass is 306 g/mol. The normalized spacial score (nSPS) is 23.6. The third kappa shape index (κ3) is 7.09. The fourth-order valence-electron chi connectivity index (χ4n) is 2.27. The maximum atomic E-state index is 11.8. The second-order valence-corrected chi connectivity index (χ2v) is 8.08. The Morgan fingerprint density at radius 2 is 2.10 bits per heavy atom. The Morgan fingerprint density at radius 3 is 2.70 bits per heavy atom. The molecule has 0 radical (unpaired) electrons. The first-order valence-corrected chi connectivity index (χ1v) is 9.17. The third-order valence-corrected chi connectivity index (χ3v) is 4.16. The zero-order valence-electron chi connectivity index (χ0n) is 12.5. The first-order valence-electron chi connectivity index (χ1n) is 7.11. The van der Waals surface area contributed by atoms with Crippen molar-refractivity contribution in [2.75, 3.05) is 25.2 Å². The van der Waals surface area contributed by atoms with Crippen molar-refractivity contribution in [3.8, 4) is 0 Å². The lowest BCUT2D eigenvalue weighted by atomic mass is 9.95. The molecule has 2 amide bonds. The van der Waals surface area contributed by atoms with Crippen LogP contribution in [0.1, 0.15) is 33.1 Å². The van der Waals surface area contributed by atoms with Crippen molar-refractivity contribution in [3.63, 3.8) is 0 Å². The molecule has 0 aromatic rings. The maximum absolute atomic E-state index is 11.8. The van der Waals surface area contributed by atoms with Gasteiger partial charge in [0.25, 0.3) is 0 Å². The summed E-state index contributed by atoms with van der Waals surface area (Å²) in [5.41, 5.74) is 0. The Hall–Kier alpha value is -0.820. The van der Waals surface area contributed by atoms with E-state index in [9.17, 15) is 13.2 Å². The summed E-state index contributed by atoms with van der Waals surface area (Å²) in [6.07, 6.45) is 3.94. The van der Waals surface area contributed by atoms with Crippen molar-refractivity contribution in [3.05, 3.63) is 0 Å². The highest BCUT2D eigenvalue weighted by molar-refractivity contribution is 7.90. The molecule has 1 fully saturated rings. The summed E-state index contributed by atoms with van der Waals surface area (Å²) in [6, 6.07) is -0.317. The van der Waals surface area contributed by atoms with E-state index in [2.05, 4.69) is 24.5 Å². The van der Waals surface area contributed by atoms with E-state index in [1.54, 1.807) is 0 Å². The van der Waals surface area contributed by atoms with Crippen molar-refractivity contribution >= 4 is 15.9 Å². The fourth-order valence-corrected chi connectivity index (χ4v) is 2.74. The lowest BCUT2D eigenvalue weighted by Gasteiger charge is -2.33. The highest BCUT2D eigenvalue weighted by Gasteiger charge is 2.27. The molecule has 7 heteroatoms. The van der Waals surface area contributed by atoms with Gasteiger partial charge < -0.3 is 15.4 Å². The van der Waals surface area contributed by atoms with Gasteiger partial charge >= 0.3 is 6.03 Å². The van der Waals surface area contributed by atoms with Crippen molar-refractivity contribution in [1.29, 1.82) is 0 Å². The molecule has 1 aliphatic heterocycles. The number of carbonyl (C=O) groups is 1. The van der Waals surface area contributed by atoms with Crippen LogP contribution < -0.4 is 10.6 Å². The van der Waals surface area contributed by atoms with Gasteiger partial charge in [0.1, 0.15) is 9.84 Å². The smallest absolute Gasteiger partial charge is 0.315 e. The third-order valence-electron chi connectivity index (χ3n) is 3.22. The van der Waals surface area contributed by atoms with Crippen LogP contribution >= 0.6 is 0 Å². The number of rotatable bonds is 6. The van der Waals surface area contributed by atoms with E-state index < -0.39 is 9.84 Å². The Labute approximate surface area is 121 Å². The van der Waals surface area contributed by atoms with Crippen LogP contribution in [0.2, 0.25) is 0 Å². The fraction of sp³-hybridized carbons (Fsp3) is 0.923. The van der Waals surface area contributed by atoms with Crippen LogP contribution in [0.3, 0.4) is 0 Å². The molecule has 1 aliphatic rings. The molecular formula is C13H26N2O4S. The maximum Gasteiger partial charge on any atom is 0.315 e. The van der Waals surface area contributed by atoms with Crippen molar-refractivity contribution in [2.24, 2.45) is 5.92 Å². The Bertz CT molecular complexity index is 409. The molecule has 0 aliphatic carbocycles. The summed E-state index contributed by atoms with van der Waals surface area (Å²) in [7, 11) is -3.05. The van der Waals surface area contributed by atoms with Crippen LogP contribution in [0, 0.1) is 5.92 Å². The number of nitrogens with one attached hydrogen (secondary N) is 2. The molecule has 1 heterocycles. The summed E-state index contributed by atoms with van der Waals surface area (Å²) in [6.45, 7) is 5.13. The number of hydrogen-bond donors (Lipinski definition) is 2. The van der Waals surface area contributed by atoms with Crippen LogP contribution in [0.15, 0.2) is 0 Å². The van der Waals surface area contributed by atoms with Crippen molar-refractivity contribution in [2.45, 2.75) is 45.3 Å². The Kier molecular flexibility index (Phi) is 6.75. The SMILES string of the molecule is CC(C)C[C@H]1OCCC[C@@H]1NC(=O)NCCS(C)(=O)=O. The van der Waals surface area contributed by atoms with Gasteiger partial charge in [-0.2, -0.15) is 0 Å². The van der Waals surface area contributed by atoms with Gasteiger partial charge in [0, 0.05) is 19.4 Å². The number of carbonyl (C=O) groups excluding carboxylic acids is 1. The number of amides is 2. The topological polar surface area (TPSA) is 84.5 Å². The summed E-state index contributed by atoms with van der Waals surface area (Å²) in [5.74, 6) is 0.465. The van der Waals surface area contributed by atoms with Crippen molar-refractivity contribution < 1.29 is 17.9 Å². The van der Waals surface area contributed by atoms with E-state index in [4.69, 9.17) is 4.74 Å². The average Bonchev–Trinajstić information content (AvgIpc) is 2.29. The second kappa shape index (κ2) is 7.83. The van der Waals surface area contributed by atoms with Crippen molar-refractivity contribution in [1.82, 2.24) is 10.6 Å². The molecule has 6 nitrogen and oxygen atoms in total. The van der Waals surface area contributed by atoms with Gasteiger partial charge in [-0.15, -0.1) is 0 Å². The molecule has 0 spiro atoms. The van der Waals surface area contributed by atoms with E-state index >= 15 is 0 Å². The molecule has 0 aromatic carbocycles. The van der Waals surface area contributed by atoms with Gasteiger partial charge in [0.05, 0.1) is 17.9 Å². The van der Waals surface area contributed by atoms with E-state index in [-0.39, 0.29) is 30.5 Å². The first-order chi connectivity index (χ1) is 9.28. The van der Waals surface area contributed by atoms with Crippen LogP contribution in [0.25, 0.3) is 0 Å². The Balaban J connectivity index is 2.38. The molecule has 2 N–H and O–H groups in total. The van der Waals surface area contributed by atoms with Gasteiger partial charge in [0.2, 0.25) is 0 Å². The molecule has 1 rings (SSSR count). The molecule has 1 saturated heterocycles. The highest BCUT2D eigenvalue weighted by Crippen LogP contribution is 2.20. The highest BCUT2D eigenvalue weighted by atomic mass is 32.2. The minimum absolute atomic E-state index is 0.00406. The van der Waals surface area contributed by atoms with Gasteiger partial charge in [0.15, 0.2) is 0 Å². The Morgan fingerprint density at radius 1 is 1.40 bits per heavy atom. The van der Waals surface area contributed by atoms with E-state index in [0.29, 0.717) is 5.92 Å². The van der Waals surface area contributed by atoms with Crippen LogP contribution in [0.4, 0.5) is 4.79 Å². The molecule has 0 saturated carbocycles. The molecule has 20 heavy (non-hydrogen) atoms. The molecular weight excluding hydrogens is 280 g/mol. The van der Waals surface area contributed by atoms with Gasteiger partial charge in [-0.3, -0.25) is 0 Å². The van der Waals surface area contributed by atoms with Gasteiger partial charge in [-0.05, 0) is 25.2 Å². The van der Waals surface area contributed by atoms with E-state index in [1.165, 1.54) is 0 Å². The minimum atomic E-state index is -3.05. The molecule has 2 atom stereocenters. The van der Waals surface area contributed by atoms with E-state index in [0.717, 1.165) is 32.1 Å².